The first-order valence-electron chi connectivity index (χ1n) is 3.49. The minimum atomic E-state index is -0.240. The molecule has 0 unspecified atom stereocenters. The topological polar surface area (TPSA) is 70.3 Å². The molecule has 0 saturated carbocycles. The van der Waals surface area contributed by atoms with Crippen LogP contribution in [0.25, 0.3) is 0 Å². The van der Waals surface area contributed by atoms with E-state index in [1.807, 2.05) is 0 Å². The van der Waals surface area contributed by atoms with Gasteiger partial charge >= 0.3 is 0 Å². The molecule has 0 aliphatic rings. The molecule has 0 amide bonds. The molecule has 1 aromatic rings. The molecule has 13 heavy (non-hydrogen) atoms. The van der Waals surface area contributed by atoms with Crippen LogP contribution in [0.4, 0.5) is 0 Å². The van der Waals surface area contributed by atoms with Gasteiger partial charge in [0.2, 0.25) is 0 Å². The van der Waals surface area contributed by atoms with E-state index in [0.717, 1.165) is 0 Å². The lowest BCUT2D eigenvalue weighted by Crippen LogP contribution is -1.90. The summed E-state index contributed by atoms with van der Waals surface area (Å²) < 4.78 is 4.77. The van der Waals surface area contributed by atoms with Gasteiger partial charge in [-0.05, 0) is 12.1 Å². The molecule has 1 rings (SSSR count). The molecule has 0 heterocycles. The van der Waals surface area contributed by atoms with Crippen LogP contribution in [0.2, 0.25) is 0 Å². The molecule has 0 aromatic heterocycles. The summed E-state index contributed by atoms with van der Waals surface area (Å²) >= 11 is 0. The maximum Gasteiger partial charge on any atom is 0.175 e. The van der Waals surface area contributed by atoms with Crippen LogP contribution in [-0.4, -0.2) is 18.5 Å². The van der Waals surface area contributed by atoms with Crippen LogP contribution in [0.5, 0.6) is 11.5 Å². The van der Waals surface area contributed by atoms with Gasteiger partial charge in [-0.25, -0.2) is 0 Å². The van der Waals surface area contributed by atoms with Crippen molar-refractivity contribution in [2.24, 2.45) is 0 Å². The number of phenols is 1. The number of aldehydes is 1. The van der Waals surface area contributed by atoms with E-state index in [1.54, 1.807) is 6.07 Å². The Kier molecular flexibility index (Phi) is 2.50. The molecule has 1 N–H and O–H groups in total. The highest BCUT2D eigenvalue weighted by molar-refractivity contribution is 5.78. The third kappa shape index (κ3) is 1.59. The summed E-state index contributed by atoms with van der Waals surface area (Å²) in [5.41, 5.74) is 0.327. The predicted octanol–water partition coefficient (Wildman–Crippen LogP) is 1.08. The number of nitrogens with zero attached hydrogens (tertiary/aromatic N) is 1. The van der Waals surface area contributed by atoms with Gasteiger partial charge in [-0.2, -0.15) is 5.26 Å². The Morgan fingerprint density at radius 1 is 1.62 bits per heavy atom. The third-order valence-electron chi connectivity index (χ3n) is 1.57. The summed E-state index contributed by atoms with van der Waals surface area (Å²) in [6.07, 6.45) is 0.586. The molecule has 4 heteroatoms. The molecular formula is C9H7NO3. The summed E-state index contributed by atoms with van der Waals surface area (Å²) in [6.45, 7) is 0. The van der Waals surface area contributed by atoms with Crippen molar-refractivity contribution in [2.45, 2.75) is 0 Å². The first-order valence-corrected chi connectivity index (χ1v) is 3.49. The molecule has 0 fully saturated rings. The van der Waals surface area contributed by atoms with Crippen molar-refractivity contribution in [1.82, 2.24) is 0 Å². The van der Waals surface area contributed by atoms with Crippen molar-refractivity contribution < 1.29 is 14.6 Å². The molecule has 0 radical (unpaired) electrons. The summed E-state index contributed by atoms with van der Waals surface area (Å²) in [5, 5.41) is 17.9. The van der Waals surface area contributed by atoms with E-state index >= 15 is 0 Å². The second kappa shape index (κ2) is 3.59. The van der Waals surface area contributed by atoms with Gasteiger partial charge in [0.05, 0.1) is 12.7 Å². The lowest BCUT2D eigenvalue weighted by Gasteiger charge is -2.04. The van der Waals surface area contributed by atoms with E-state index in [2.05, 4.69) is 0 Å². The summed E-state index contributed by atoms with van der Waals surface area (Å²) in [4.78, 5) is 10.4. The average molecular weight is 177 g/mol. The third-order valence-corrected chi connectivity index (χ3v) is 1.57. The normalized spacial score (nSPS) is 8.92. The largest absolute Gasteiger partial charge is 0.503 e. The van der Waals surface area contributed by atoms with Gasteiger partial charge in [-0.15, -0.1) is 0 Å². The van der Waals surface area contributed by atoms with Crippen LogP contribution in [0, 0.1) is 11.3 Å². The molecule has 0 aliphatic heterocycles. The molecule has 1 aromatic carbocycles. The fourth-order valence-electron chi connectivity index (χ4n) is 0.938. The maximum atomic E-state index is 10.4. The Morgan fingerprint density at radius 3 is 2.77 bits per heavy atom. The van der Waals surface area contributed by atoms with E-state index in [-0.39, 0.29) is 17.1 Å². The number of rotatable bonds is 2. The monoisotopic (exact) mass is 177 g/mol. The van der Waals surface area contributed by atoms with Gasteiger partial charge in [0.15, 0.2) is 11.5 Å². The molecule has 0 saturated heterocycles. The fourth-order valence-corrected chi connectivity index (χ4v) is 0.938. The van der Waals surface area contributed by atoms with Crippen molar-refractivity contribution in [3.8, 4) is 17.6 Å². The van der Waals surface area contributed by atoms with E-state index < -0.39 is 0 Å². The Balaban J connectivity index is 3.39. The van der Waals surface area contributed by atoms with Gasteiger partial charge in [-0.1, -0.05) is 0 Å². The second-order valence-electron chi connectivity index (χ2n) is 2.35. The number of phenolic OH excluding ortho intramolecular Hbond substituents is 1. The zero-order valence-electron chi connectivity index (χ0n) is 6.94. The second-order valence-corrected chi connectivity index (χ2v) is 2.35. The highest BCUT2D eigenvalue weighted by Gasteiger charge is 2.09. The number of carbonyl (C=O) groups excluding carboxylic acids is 1. The van der Waals surface area contributed by atoms with E-state index in [4.69, 9.17) is 10.00 Å². The van der Waals surface area contributed by atoms with Gasteiger partial charge in [0.1, 0.15) is 12.4 Å². The highest BCUT2D eigenvalue weighted by atomic mass is 16.5. The Bertz CT molecular complexity index is 379. The van der Waals surface area contributed by atoms with Crippen molar-refractivity contribution in [3.63, 3.8) is 0 Å². The van der Waals surface area contributed by atoms with Crippen LogP contribution in [0.15, 0.2) is 12.1 Å². The van der Waals surface area contributed by atoms with Crippen molar-refractivity contribution in [3.05, 3.63) is 23.3 Å². The van der Waals surface area contributed by atoms with Crippen molar-refractivity contribution in [2.75, 3.05) is 7.11 Å². The molecule has 0 spiro atoms. The Morgan fingerprint density at radius 2 is 2.31 bits per heavy atom. The van der Waals surface area contributed by atoms with Gasteiger partial charge in [-0.3, -0.25) is 4.79 Å². The van der Waals surface area contributed by atoms with E-state index in [0.29, 0.717) is 11.8 Å². The quantitative estimate of drug-likeness (QED) is 0.686. The highest BCUT2D eigenvalue weighted by Crippen LogP contribution is 2.30. The van der Waals surface area contributed by atoms with Crippen LogP contribution in [0.1, 0.15) is 15.9 Å². The molecule has 4 nitrogen and oxygen atoms in total. The number of benzene rings is 1. The minimum Gasteiger partial charge on any atom is -0.503 e. The lowest BCUT2D eigenvalue weighted by atomic mass is 10.1. The number of hydrogen-bond donors (Lipinski definition) is 1. The van der Waals surface area contributed by atoms with Crippen LogP contribution in [-0.2, 0) is 0 Å². The number of methoxy groups -OCH3 is 1. The number of nitriles is 1. The van der Waals surface area contributed by atoms with Gasteiger partial charge in [0.25, 0.3) is 0 Å². The lowest BCUT2D eigenvalue weighted by molar-refractivity contribution is 0.112. The smallest absolute Gasteiger partial charge is 0.175 e. The average Bonchev–Trinajstić information content (AvgIpc) is 2.18. The van der Waals surface area contributed by atoms with Gasteiger partial charge < -0.3 is 9.84 Å². The molecule has 0 bridgehead atoms. The zero-order valence-corrected chi connectivity index (χ0v) is 6.94. The summed E-state index contributed by atoms with van der Waals surface area (Å²) in [7, 11) is 1.35. The molecule has 0 atom stereocenters. The summed E-state index contributed by atoms with van der Waals surface area (Å²) in [6, 6.07) is 4.42. The zero-order chi connectivity index (χ0) is 9.84. The van der Waals surface area contributed by atoms with E-state index in [1.165, 1.54) is 19.2 Å². The van der Waals surface area contributed by atoms with Crippen LogP contribution < -0.4 is 4.74 Å². The van der Waals surface area contributed by atoms with Crippen molar-refractivity contribution in [1.29, 1.82) is 5.26 Å². The molecule has 0 aliphatic carbocycles. The maximum absolute atomic E-state index is 10.4. The Labute approximate surface area is 75.0 Å². The number of aromatic hydroxyl groups is 1. The Hall–Kier alpha value is -2.02. The standard InChI is InChI=1S/C9H7NO3/c1-13-8-3-6(5-11)2-7(4-10)9(8)12/h2-3,5,12H,1H3. The van der Waals surface area contributed by atoms with E-state index in [9.17, 15) is 9.90 Å². The first-order chi connectivity index (χ1) is 6.22. The summed E-state index contributed by atoms with van der Waals surface area (Å²) in [5.74, 6) is -0.114. The van der Waals surface area contributed by atoms with Crippen molar-refractivity contribution >= 4 is 6.29 Å². The number of ether oxygens (including phenoxy) is 1. The number of carbonyl (C=O) groups is 1. The first kappa shape index (κ1) is 9.07. The molecular weight excluding hydrogens is 170 g/mol. The minimum absolute atomic E-state index is 0.0291. The van der Waals surface area contributed by atoms with Gasteiger partial charge in [0, 0.05) is 5.56 Å². The SMILES string of the molecule is COc1cc(C=O)cc(C#N)c1O. The van der Waals surface area contributed by atoms with Crippen LogP contribution in [0.3, 0.4) is 0 Å². The van der Waals surface area contributed by atoms with Crippen LogP contribution >= 0.6 is 0 Å². The molecule has 66 valence electrons. The number of hydrogen-bond acceptors (Lipinski definition) is 4. The predicted molar refractivity (Wildman–Crippen MR) is 44.8 cm³/mol. The fraction of sp³-hybridized carbons (Fsp3) is 0.111.